The Morgan fingerprint density at radius 1 is 1.10 bits per heavy atom. The fourth-order valence-electron chi connectivity index (χ4n) is 4.84. The van der Waals surface area contributed by atoms with E-state index in [1.54, 1.807) is 5.56 Å². The first-order chi connectivity index (χ1) is 10.0. The molecule has 0 unspecified atom stereocenters. The number of hydrogen-bond acceptors (Lipinski definition) is 1. The minimum absolute atomic E-state index is 0.396. The maximum absolute atomic E-state index is 3.73. The van der Waals surface area contributed by atoms with E-state index >= 15 is 0 Å². The highest BCUT2D eigenvalue weighted by Crippen LogP contribution is 2.61. The van der Waals surface area contributed by atoms with Crippen molar-refractivity contribution in [3.8, 4) is 0 Å². The number of rotatable bonds is 4. The van der Waals surface area contributed by atoms with Gasteiger partial charge in [-0.2, -0.15) is 0 Å². The zero-order valence-corrected chi connectivity index (χ0v) is 14.0. The molecule has 0 saturated heterocycles. The maximum atomic E-state index is 3.73. The molecule has 1 aromatic carbocycles. The van der Waals surface area contributed by atoms with Gasteiger partial charge in [0, 0.05) is 18.0 Å². The van der Waals surface area contributed by atoms with Crippen LogP contribution < -0.4 is 5.32 Å². The fraction of sp³-hybridized carbons (Fsp3) is 0.700. The van der Waals surface area contributed by atoms with Crippen LogP contribution in [0.25, 0.3) is 0 Å². The second-order valence-electron chi connectivity index (χ2n) is 8.10. The number of benzene rings is 1. The average Bonchev–Trinajstić information content (AvgIpc) is 2.43. The van der Waals surface area contributed by atoms with E-state index < -0.39 is 0 Å². The lowest BCUT2D eigenvalue weighted by atomic mass is 9.46. The minimum atomic E-state index is 0.396. The van der Waals surface area contributed by atoms with Crippen LogP contribution in [0.3, 0.4) is 0 Å². The standard InChI is InChI=1S/C20H31N/c1-16(2)21-15-20(18-9-7-8-17(3)12-18)13-19(14-20)10-5-4-6-11-19/h7-9,12,16,21H,4-6,10-11,13-15H2,1-3H3. The van der Waals surface area contributed by atoms with Gasteiger partial charge in [0.2, 0.25) is 0 Å². The first kappa shape index (κ1) is 15.1. The van der Waals surface area contributed by atoms with Gasteiger partial charge >= 0.3 is 0 Å². The summed E-state index contributed by atoms with van der Waals surface area (Å²) in [4.78, 5) is 0. The van der Waals surface area contributed by atoms with Gasteiger partial charge in [-0.3, -0.25) is 0 Å². The molecule has 1 aromatic rings. The molecule has 1 heteroatoms. The van der Waals surface area contributed by atoms with Crippen LogP contribution in [0, 0.1) is 12.3 Å². The Balaban J connectivity index is 1.80. The molecule has 0 aromatic heterocycles. The molecule has 2 aliphatic rings. The molecule has 1 spiro atoms. The van der Waals surface area contributed by atoms with Crippen LogP contribution in [0.15, 0.2) is 24.3 Å². The highest BCUT2D eigenvalue weighted by atomic mass is 14.9. The zero-order chi connectivity index (χ0) is 14.9. The first-order valence-electron chi connectivity index (χ1n) is 8.84. The highest BCUT2D eigenvalue weighted by Gasteiger charge is 2.54. The van der Waals surface area contributed by atoms with Crippen molar-refractivity contribution in [3.63, 3.8) is 0 Å². The van der Waals surface area contributed by atoms with Gasteiger partial charge < -0.3 is 5.32 Å². The van der Waals surface area contributed by atoms with Crippen LogP contribution in [0.5, 0.6) is 0 Å². The molecule has 0 amide bonds. The lowest BCUT2D eigenvalue weighted by molar-refractivity contribution is -0.0136. The van der Waals surface area contributed by atoms with Gasteiger partial charge in [-0.05, 0) is 43.6 Å². The number of nitrogens with one attached hydrogen (secondary N) is 1. The lowest BCUT2D eigenvalue weighted by Crippen LogP contribution is -2.56. The smallest absolute Gasteiger partial charge is 0.00885 e. The highest BCUT2D eigenvalue weighted by molar-refractivity contribution is 5.34. The summed E-state index contributed by atoms with van der Waals surface area (Å²) >= 11 is 0. The Morgan fingerprint density at radius 2 is 1.81 bits per heavy atom. The molecule has 21 heavy (non-hydrogen) atoms. The Labute approximate surface area is 130 Å². The van der Waals surface area contributed by atoms with E-state index in [0.29, 0.717) is 16.9 Å². The number of aryl methyl sites for hydroxylation is 1. The molecule has 0 heterocycles. The van der Waals surface area contributed by atoms with E-state index in [9.17, 15) is 0 Å². The SMILES string of the molecule is Cc1cccc(C2(CNC(C)C)CC3(CCCCC3)C2)c1. The van der Waals surface area contributed by atoms with E-state index in [1.807, 2.05) is 0 Å². The molecular formula is C20H31N. The Kier molecular flexibility index (Phi) is 4.14. The van der Waals surface area contributed by atoms with Gasteiger partial charge in [-0.15, -0.1) is 0 Å². The Morgan fingerprint density at radius 3 is 2.43 bits per heavy atom. The molecule has 116 valence electrons. The van der Waals surface area contributed by atoms with Gasteiger partial charge in [-0.1, -0.05) is 62.9 Å². The molecule has 0 aliphatic heterocycles. The predicted octanol–water partition coefficient (Wildman–Crippen LogP) is 4.98. The second-order valence-corrected chi connectivity index (χ2v) is 8.10. The molecule has 1 nitrogen and oxygen atoms in total. The summed E-state index contributed by atoms with van der Waals surface area (Å²) in [5, 5.41) is 3.73. The van der Waals surface area contributed by atoms with Crippen LogP contribution in [-0.2, 0) is 5.41 Å². The number of hydrogen-bond donors (Lipinski definition) is 1. The third kappa shape index (κ3) is 3.04. The van der Waals surface area contributed by atoms with E-state index in [4.69, 9.17) is 0 Å². The molecule has 2 saturated carbocycles. The van der Waals surface area contributed by atoms with Gasteiger partial charge in [0.1, 0.15) is 0 Å². The topological polar surface area (TPSA) is 12.0 Å². The first-order valence-corrected chi connectivity index (χ1v) is 8.84. The summed E-state index contributed by atoms with van der Waals surface area (Å²) < 4.78 is 0. The monoisotopic (exact) mass is 285 g/mol. The predicted molar refractivity (Wildman–Crippen MR) is 90.7 cm³/mol. The van der Waals surface area contributed by atoms with Gasteiger partial charge in [0.25, 0.3) is 0 Å². The van der Waals surface area contributed by atoms with Crippen LogP contribution >= 0.6 is 0 Å². The molecule has 2 fully saturated rings. The lowest BCUT2D eigenvalue weighted by Gasteiger charge is -2.59. The minimum Gasteiger partial charge on any atom is -0.314 e. The van der Waals surface area contributed by atoms with Crippen molar-refractivity contribution in [3.05, 3.63) is 35.4 Å². The molecule has 0 bridgehead atoms. The molecule has 1 N–H and O–H groups in total. The molecule has 2 aliphatic carbocycles. The second kappa shape index (κ2) is 5.76. The largest absolute Gasteiger partial charge is 0.314 e. The van der Waals surface area contributed by atoms with Gasteiger partial charge in [0.05, 0.1) is 0 Å². The third-order valence-corrected chi connectivity index (χ3v) is 5.82. The van der Waals surface area contributed by atoms with Crippen molar-refractivity contribution in [2.24, 2.45) is 5.41 Å². The normalized spacial score (nSPS) is 23.2. The summed E-state index contributed by atoms with van der Waals surface area (Å²) in [5.41, 5.74) is 4.06. The van der Waals surface area contributed by atoms with E-state index in [-0.39, 0.29) is 0 Å². The van der Waals surface area contributed by atoms with Crippen molar-refractivity contribution in [1.82, 2.24) is 5.32 Å². The molecule has 3 rings (SSSR count). The summed E-state index contributed by atoms with van der Waals surface area (Å²) in [5.74, 6) is 0. The van der Waals surface area contributed by atoms with Crippen molar-refractivity contribution in [2.45, 2.75) is 77.2 Å². The molecule has 0 radical (unpaired) electrons. The summed E-state index contributed by atoms with van der Waals surface area (Å²) in [7, 11) is 0. The third-order valence-electron chi connectivity index (χ3n) is 5.82. The Hall–Kier alpha value is -0.820. The fourth-order valence-corrected chi connectivity index (χ4v) is 4.84. The summed E-state index contributed by atoms with van der Waals surface area (Å²) in [6.07, 6.45) is 10.1. The molecular weight excluding hydrogens is 254 g/mol. The maximum Gasteiger partial charge on any atom is 0.00885 e. The Bertz CT molecular complexity index is 474. The van der Waals surface area contributed by atoms with Crippen LogP contribution in [0.2, 0.25) is 0 Å². The van der Waals surface area contributed by atoms with E-state index in [0.717, 1.165) is 6.54 Å². The van der Waals surface area contributed by atoms with Crippen molar-refractivity contribution >= 4 is 0 Å². The van der Waals surface area contributed by atoms with Gasteiger partial charge in [0.15, 0.2) is 0 Å². The summed E-state index contributed by atoms with van der Waals surface area (Å²) in [6, 6.07) is 9.84. The average molecular weight is 285 g/mol. The van der Waals surface area contributed by atoms with E-state index in [2.05, 4.69) is 50.4 Å². The van der Waals surface area contributed by atoms with Crippen molar-refractivity contribution < 1.29 is 0 Å². The van der Waals surface area contributed by atoms with Crippen LogP contribution in [0.4, 0.5) is 0 Å². The molecule has 0 atom stereocenters. The van der Waals surface area contributed by atoms with Crippen LogP contribution in [0.1, 0.15) is 69.9 Å². The van der Waals surface area contributed by atoms with Crippen molar-refractivity contribution in [1.29, 1.82) is 0 Å². The quantitative estimate of drug-likeness (QED) is 0.823. The van der Waals surface area contributed by atoms with Crippen molar-refractivity contribution in [2.75, 3.05) is 6.54 Å². The van der Waals surface area contributed by atoms with E-state index in [1.165, 1.54) is 50.5 Å². The summed E-state index contributed by atoms with van der Waals surface area (Å²) in [6.45, 7) is 7.90. The van der Waals surface area contributed by atoms with Crippen LogP contribution in [-0.4, -0.2) is 12.6 Å². The zero-order valence-electron chi connectivity index (χ0n) is 14.0. The van der Waals surface area contributed by atoms with Gasteiger partial charge in [-0.25, -0.2) is 0 Å².